The summed E-state index contributed by atoms with van der Waals surface area (Å²) in [5.74, 6) is 2.62. The molecule has 0 fully saturated rings. The van der Waals surface area contributed by atoms with Crippen LogP contribution in [-0.4, -0.2) is 14.8 Å². The molecule has 0 aromatic carbocycles. The second kappa shape index (κ2) is 12.7. The van der Waals surface area contributed by atoms with Crippen LogP contribution in [0.5, 0.6) is 0 Å². The summed E-state index contributed by atoms with van der Waals surface area (Å²) in [6, 6.07) is 0. The summed E-state index contributed by atoms with van der Waals surface area (Å²) >= 11 is 3.84. The monoisotopic (exact) mass is 410 g/mol. The Bertz CT molecular complexity index is 461. The van der Waals surface area contributed by atoms with Crippen LogP contribution in [-0.2, 0) is 6.42 Å². The van der Waals surface area contributed by atoms with Crippen LogP contribution in [0.2, 0.25) is 0 Å². The summed E-state index contributed by atoms with van der Waals surface area (Å²) in [4.78, 5) is 8.93. The number of unbranched alkanes of at least 4 members (excludes halogenated alkanes) is 1. The van der Waals surface area contributed by atoms with Gasteiger partial charge in [-0.15, -0.1) is 6.58 Å². The van der Waals surface area contributed by atoms with Gasteiger partial charge in [0.1, 0.15) is 5.82 Å². The van der Waals surface area contributed by atoms with Crippen molar-refractivity contribution in [3.63, 3.8) is 0 Å². The number of halogens is 1. The van der Waals surface area contributed by atoms with Gasteiger partial charge in [-0.25, -0.2) is 4.98 Å². The SMILES string of the molecule is C=CCC(CCCC(Br)CCC)C(CCCC)Cc1nc(C)c(C)[nH]1. The van der Waals surface area contributed by atoms with Crippen molar-refractivity contribution in [2.24, 2.45) is 11.8 Å². The lowest BCUT2D eigenvalue weighted by molar-refractivity contribution is 0.277. The molecule has 3 unspecified atom stereocenters. The molecular formula is C22H39BrN2. The average Bonchev–Trinajstić information content (AvgIpc) is 2.89. The van der Waals surface area contributed by atoms with Crippen molar-refractivity contribution in [1.29, 1.82) is 0 Å². The number of nitrogens with zero attached hydrogens (tertiary/aromatic N) is 1. The maximum Gasteiger partial charge on any atom is 0.106 e. The molecule has 144 valence electrons. The van der Waals surface area contributed by atoms with Crippen LogP contribution < -0.4 is 0 Å². The van der Waals surface area contributed by atoms with E-state index < -0.39 is 0 Å². The number of nitrogens with one attached hydrogen (secondary N) is 1. The molecule has 1 heterocycles. The fourth-order valence-corrected chi connectivity index (χ4v) is 4.54. The smallest absolute Gasteiger partial charge is 0.106 e. The minimum Gasteiger partial charge on any atom is -0.346 e. The van der Waals surface area contributed by atoms with Crippen molar-refractivity contribution >= 4 is 15.9 Å². The number of hydrogen-bond acceptors (Lipinski definition) is 1. The normalized spacial score (nSPS) is 15.1. The van der Waals surface area contributed by atoms with E-state index in [-0.39, 0.29) is 0 Å². The Morgan fingerprint density at radius 2 is 1.76 bits per heavy atom. The predicted octanol–water partition coefficient (Wildman–Crippen LogP) is 7.30. The Kier molecular flexibility index (Phi) is 11.4. The molecule has 0 bridgehead atoms. The second-order valence-corrected chi connectivity index (χ2v) is 8.90. The molecule has 1 rings (SSSR count). The largest absolute Gasteiger partial charge is 0.346 e. The lowest BCUT2D eigenvalue weighted by Crippen LogP contribution is -2.18. The van der Waals surface area contributed by atoms with Crippen LogP contribution >= 0.6 is 15.9 Å². The maximum absolute atomic E-state index is 4.74. The van der Waals surface area contributed by atoms with Gasteiger partial charge < -0.3 is 4.98 Å². The third-order valence-corrected chi connectivity index (χ3v) is 6.31. The number of alkyl halides is 1. The first kappa shape index (κ1) is 22.5. The number of imidazole rings is 1. The number of rotatable bonds is 14. The van der Waals surface area contributed by atoms with E-state index >= 15 is 0 Å². The van der Waals surface area contributed by atoms with Gasteiger partial charge in [0.05, 0.1) is 5.69 Å². The fraction of sp³-hybridized carbons (Fsp3) is 0.773. The van der Waals surface area contributed by atoms with Crippen molar-refractivity contribution in [3.05, 3.63) is 29.9 Å². The molecule has 0 aliphatic carbocycles. The average molecular weight is 411 g/mol. The van der Waals surface area contributed by atoms with Crippen LogP contribution in [0.15, 0.2) is 12.7 Å². The van der Waals surface area contributed by atoms with Crippen LogP contribution in [0, 0.1) is 25.7 Å². The molecule has 2 nitrogen and oxygen atoms in total. The Morgan fingerprint density at radius 3 is 2.32 bits per heavy atom. The van der Waals surface area contributed by atoms with Crippen molar-refractivity contribution in [1.82, 2.24) is 9.97 Å². The van der Waals surface area contributed by atoms with Gasteiger partial charge in [-0.2, -0.15) is 0 Å². The topological polar surface area (TPSA) is 28.7 Å². The molecule has 25 heavy (non-hydrogen) atoms. The summed E-state index contributed by atoms with van der Waals surface area (Å²) in [7, 11) is 0. The van der Waals surface area contributed by atoms with Crippen molar-refractivity contribution < 1.29 is 0 Å². The van der Waals surface area contributed by atoms with Crippen LogP contribution in [0.3, 0.4) is 0 Å². The number of H-pyrrole nitrogens is 1. The predicted molar refractivity (Wildman–Crippen MR) is 115 cm³/mol. The van der Waals surface area contributed by atoms with Crippen molar-refractivity contribution in [2.75, 3.05) is 0 Å². The van der Waals surface area contributed by atoms with Crippen LogP contribution in [0.4, 0.5) is 0 Å². The molecule has 0 aliphatic rings. The highest BCUT2D eigenvalue weighted by atomic mass is 79.9. The van der Waals surface area contributed by atoms with E-state index in [1.165, 1.54) is 62.9 Å². The van der Waals surface area contributed by atoms with Crippen molar-refractivity contribution in [2.45, 2.75) is 96.7 Å². The molecule has 1 aromatic heterocycles. The molecule has 0 saturated carbocycles. The maximum atomic E-state index is 4.74. The zero-order chi connectivity index (χ0) is 18.7. The zero-order valence-electron chi connectivity index (χ0n) is 16.9. The summed E-state index contributed by atoms with van der Waals surface area (Å²) in [5, 5.41) is 0. The van der Waals surface area contributed by atoms with Gasteiger partial charge >= 0.3 is 0 Å². The lowest BCUT2D eigenvalue weighted by atomic mass is 9.80. The van der Waals surface area contributed by atoms with Gasteiger partial charge in [0.25, 0.3) is 0 Å². The number of hydrogen-bond donors (Lipinski definition) is 1. The first-order chi connectivity index (χ1) is 12.0. The van der Waals surface area contributed by atoms with Gasteiger partial charge in [-0.3, -0.25) is 0 Å². The van der Waals surface area contributed by atoms with Crippen LogP contribution in [0.25, 0.3) is 0 Å². The van der Waals surface area contributed by atoms with E-state index in [2.05, 4.69) is 61.3 Å². The Hall–Kier alpha value is -0.570. The molecule has 0 spiro atoms. The minimum absolute atomic E-state index is 0.686. The molecule has 3 atom stereocenters. The molecule has 0 aliphatic heterocycles. The summed E-state index contributed by atoms with van der Waals surface area (Å²) in [6.07, 6.45) is 14.7. The van der Waals surface area contributed by atoms with Gasteiger partial charge in [-0.1, -0.05) is 61.5 Å². The minimum atomic E-state index is 0.686. The zero-order valence-corrected chi connectivity index (χ0v) is 18.5. The third-order valence-electron chi connectivity index (χ3n) is 5.39. The first-order valence-corrected chi connectivity index (χ1v) is 11.2. The van der Waals surface area contributed by atoms with Gasteiger partial charge in [-0.05, 0) is 57.8 Å². The molecular weight excluding hydrogens is 372 g/mol. The molecule has 1 aromatic rings. The van der Waals surface area contributed by atoms with E-state index in [1.807, 2.05) is 0 Å². The quantitative estimate of drug-likeness (QED) is 0.252. The highest BCUT2D eigenvalue weighted by molar-refractivity contribution is 9.09. The van der Waals surface area contributed by atoms with Crippen LogP contribution in [0.1, 0.15) is 88.8 Å². The fourth-order valence-electron chi connectivity index (χ4n) is 3.76. The number of aromatic nitrogens is 2. The summed E-state index contributed by atoms with van der Waals surface area (Å²) < 4.78 is 0. The molecule has 0 saturated heterocycles. The lowest BCUT2D eigenvalue weighted by Gasteiger charge is -2.26. The molecule has 1 N–H and O–H groups in total. The second-order valence-electron chi connectivity index (χ2n) is 7.60. The van der Waals surface area contributed by atoms with E-state index in [1.54, 1.807) is 0 Å². The Balaban J connectivity index is 2.69. The number of allylic oxidation sites excluding steroid dienone is 1. The number of aromatic amines is 1. The summed E-state index contributed by atoms with van der Waals surface area (Å²) in [6.45, 7) is 12.8. The van der Waals surface area contributed by atoms with Gasteiger partial charge in [0.15, 0.2) is 0 Å². The standard InChI is InChI=1S/C22H39BrN2/c1-6-9-13-20(16-22-24-17(4)18(5)25-22)19(11-7-2)14-10-15-21(23)12-8-3/h7,19-21H,2,6,8-16H2,1,3-5H3,(H,24,25). The van der Waals surface area contributed by atoms with E-state index in [4.69, 9.17) is 4.98 Å². The van der Waals surface area contributed by atoms with E-state index in [9.17, 15) is 0 Å². The highest BCUT2D eigenvalue weighted by Gasteiger charge is 2.22. The van der Waals surface area contributed by atoms with Gasteiger partial charge in [0.2, 0.25) is 0 Å². The molecule has 3 heteroatoms. The first-order valence-electron chi connectivity index (χ1n) is 10.3. The molecule has 0 amide bonds. The summed E-state index contributed by atoms with van der Waals surface area (Å²) in [5.41, 5.74) is 2.36. The highest BCUT2D eigenvalue weighted by Crippen LogP contribution is 2.31. The number of aryl methyl sites for hydroxylation is 2. The Morgan fingerprint density at radius 1 is 1.04 bits per heavy atom. The van der Waals surface area contributed by atoms with E-state index in [0.717, 1.165) is 24.5 Å². The van der Waals surface area contributed by atoms with Crippen molar-refractivity contribution in [3.8, 4) is 0 Å². The van der Waals surface area contributed by atoms with Gasteiger partial charge in [0, 0.05) is 16.9 Å². The Labute approximate surface area is 164 Å². The van der Waals surface area contributed by atoms with E-state index in [0.29, 0.717) is 10.7 Å². The molecule has 0 radical (unpaired) electrons. The third kappa shape index (κ3) is 8.57.